The summed E-state index contributed by atoms with van der Waals surface area (Å²) in [4.78, 5) is 0. The third-order valence-electron chi connectivity index (χ3n) is 4.48. The number of ether oxygens (including phenoxy) is 1. The molecule has 0 aromatic heterocycles. The van der Waals surface area contributed by atoms with Crippen molar-refractivity contribution in [2.75, 3.05) is 6.61 Å². The largest absolute Gasteiger partial charge is 0.493 e. The quantitative estimate of drug-likeness (QED) is 0.930. The third-order valence-corrected chi connectivity index (χ3v) is 4.48. The van der Waals surface area contributed by atoms with E-state index in [2.05, 4.69) is 44.2 Å². The van der Waals surface area contributed by atoms with Crippen molar-refractivity contribution in [3.8, 4) is 5.75 Å². The molecule has 0 saturated carbocycles. The molecule has 2 N–H and O–H groups in total. The molecule has 2 atom stereocenters. The van der Waals surface area contributed by atoms with E-state index in [1.807, 2.05) is 12.1 Å². The van der Waals surface area contributed by atoms with Gasteiger partial charge in [0.2, 0.25) is 0 Å². The number of fused-ring (bicyclic) bond motifs is 1. The highest BCUT2D eigenvalue weighted by Crippen LogP contribution is 2.35. The summed E-state index contributed by atoms with van der Waals surface area (Å²) < 4.78 is 5.74. The average Bonchev–Trinajstić information content (AvgIpc) is 2.50. The average molecular weight is 281 g/mol. The first-order valence-corrected chi connectivity index (χ1v) is 7.68. The Labute approximate surface area is 126 Å². The van der Waals surface area contributed by atoms with Crippen LogP contribution in [0.5, 0.6) is 5.75 Å². The zero-order valence-corrected chi connectivity index (χ0v) is 12.8. The molecule has 1 heterocycles. The Kier molecular flexibility index (Phi) is 3.98. The number of aryl methyl sites for hydroxylation is 2. The SMILES string of the molecule is Cc1ccc(C)c(CC(N)C2CCOc3ccccc32)c1. The smallest absolute Gasteiger partial charge is 0.122 e. The van der Waals surface area contributed by atoms with E-state index < -0.39 is 0 Å². The van der Waals surface area contributed by atoms with E-state index in [9.17, 15) is 0 Å². The molecule has 110 valence electrons. The zero-order chi connectivity index (χ0) is 14.8. The normalized spacial score (nSPS) is 18.7. The zero-order valence-electron chi connectivity index (χ0n) is 12.8. The van der Waals surface area contributed by atoms with Gasteiger partial charge in [-0.25, -0.2) is 0 Å². The first kappa shape index (κ1) is 14.2. The molecular formula is C19H23NO. The van der Waals surface area contributed by atoms with Crippen LogP contribution in [0.2, 0.25) is 0 Å². The summed E-state index contributed by atoms with van der Waals surface area (Å²) in [5.74, 6) is 1.39. The highest BCUT2D eigenvalue weighted by Gasteiger charge is 2.26. The van der Waals surface area contributed by atoms with Crippen LogP contribution < -0.4 is 10.5 Å². The topological polar surface area (TPSA) is 35.2 Å². The molecule has 0 saturated heterocycles. The Hall–Kier alpha value is -1.80. The molecule has 0 aliphatic carbocycles. The highest BCUT2D eigenvalue weighted by atomic mass is 16.5. The van der Waals surface area contributed by atoms with Crippen molar-refractivity contribution in [2.24, 2.45) is 5.73 Å². The molecule has 2 aromatic carbocycles. The molecule has 21 heavy (non-hydrogen) atoms. The fraction of sp³-hybridized carbons (Fsp3) is 0.368. The van der Waals surface area contributed by atoms with Gasteiger partial charge in [0.05, 0.1) is 6.61 Å². The van der Waals surface area contributed by atoms with Crippen molar-refractivity contribution in [3.05, 3.63) is 64.7 Å². The van der Waals surface area contributed by atoms with Crippen molar-refractivity contribution < 1.29 is 4.74 Å². The van der Waals surface area contributed by atoms with Gasteiger partial charge in [-0.3, -0.25) is 0 Å². The third kappa shape index (κ3) is 2.96. The minimum absolute atomic E-state index is 0.135. The standard InChI is InChI=1S/C19H23NO/c1-13-7-8-14(2)15(11-13)12-18(20)16-9-10-21-19-6-4-3-5-17(16)19/h3-8,11,16,18H,9-10,12,20H2,1-2H3. The number of hydrogen-bond acceptors (Lipinski definition) is 2. The first-order valence-electron chi connectivity index (χ1n) is 7.68. The minimum atomic E-state index is 0.135. The summed E-state index contributed by atoms with van der Waals surface area (Å²) in [7, 11) is 0. The second-order valence-corrected chi connectivity index (χ2v) is 6.08. The van der Waals surface area contributed by atoms with E-state index in [1.165, 1.54) is 22.3 Å². The predicted molar refractivity (Wildman–Crippen MR) is 86.9 cm³/mol. The number of para-hydroxylation sites is 1. The Balaban J connectivity index is 1.83. The number of rotatable bonds is 3. The molecule has 2 heteroatoms. The number of hydrogen-bond donors (Lipinski definition) is 1. The van der Waals surface area contributed by atoms with Crippen LogP contribution >= 0.6 is 0 Å². The van der Waals surface area contributed by atoms with Crippen LogP contribution in [0, 0.1) is 13.8 Å². The second-order valence-electron chi connectivity index (χ2n) is 6.08. The Morgan fingerprint density at radius 2 is 2.00 bits per heavy atom. The summed E-state index contributed by atoms with van der Waals surface area (Å²) >= 11 is 0. The van der Waals surface area contributed by atoms with E-state index in [4.69, 9.17) is 10.5 Å². The summed E-state index contributed by atoms with van der Waals surface area (Å²) in [6, 6.07) is 15.1. The summed E-state index contributed by atoms with van der Waals surface area (Å²) in [5.41, 5.74) is 11.8. The van der Waals surface area contributed by atoms with Gasteiger partial charge in [-0.1, -0.05) is 42.0 Å². The van der Waals surface area contributed by atoms with Gasteiger partial charge < -0.3 is 10.5 Å². The van der Waals surface area contributed by atoms with Crippen molar-refractivity contribution >= 4 is 0 Å². The summed E-state index contributed by atoms with van der Waals surface area (Å²) in [5, 5.41) is 0. The lowest BCUT2D eigenvalue weighted by Gasteiger charge is -2.30. The van der Waals surface area contributed by atoms with Gasteiger partial charge in [0, 0.05) is 12.0 Å². The maximum Gasteiger partial charge on any atom is 0.122 e. The van der Waals surface area contributed by atoms with Crippen LogP contribution in [0.1, 0.15) is 34.6 Å². The minimum Gasteiger partial charge on any atom is -0.493 e. The van der Waals surface area contributed by atoms with Gasteiger partial charge in [-0.05, 0) is 49.4 Å². The predicted octanol–water partition coefficient (Wildman–Crippen LogP) is 3.74. The molecule has 2 aromatic rings. The molecule has 2 nitrogen and oxygen atoms in total. The van der Waals surface area contributed by atoms with Crippen LogP contribution in [0.25, 0.3) is 0 Å². The summed E-state index contributed by atoms with van der Waals surface area (Å²) in [6.07, 6.45) is 1.93. The lowest BCUT2D eigenvalue weighted by atomic mass is 9.83. The Bertz CT molecular complexity index is 635. The van der Waals surface area contributed by atoms with E-state index in [0.29, 0.717) is 5.92 Å². The van der Waals surface area contributed by atoms with Gasteiger partial charge >= 0.3 is 0 Å². The molecule has 0 amide bonds. The molecule has 0 radical (unpaired) electrons. The molecule has 0 spiro atoms. The lowest BCUT2D eigenvalue weighted by Crippen LogP contribution is -2.34. The molecule has 0 bridgehead atoms. The van der Waals surface area contributed by atoms with Gasteiger partial charge in [-0.15, -0.1) is 0 Å². The molecule has 1 aliphatic heterocycles. The summed E-state index contributed by atoms with van der Waals surface area (Å²) in [6.45, 7) is 5.07. The second kappa shape index (κ2) is 5.90. The maximum atomic E-state index is 6.56. The van der Waals surface area contributed by atoms with Crippen LogP contribution in [-0.4, -0.2) is 12.6 Å². The van der Waals surface area contributed by atoms with Crippen LogP contribution in [0.3, 0.4) is 0 Å². The van der Waals surface area contributed by atoms with Gasteiger partial charge in [0.15, 0.2) is 0 Å². The lowest BCUT2D eigenvalue weighted by molar-refractivity contribution is 0.254. The van der Waals surface area contributed by atoms with E-state index in [0.717, 1.165) is 25.2 Å². The number of benzene rings is 2. The molecule has 0 fully saturated rings. The van der Waals surface area contributed by atoms with Crippen LogP contribution in [-0.2, 0) is 6.42 Å². The van der Waals surface area contributed by atoms with Crippen molar-refractivity contribution in [1.29, 1.82) is 0 Å². The van der Waals surface area contributed by atoms with Crippen molar-refractivity contribution in [1.82, 2.24) is 0 Å². The fourth-order valence-electron chi connectivity index (χ4n) is 3.23. The van der Waals surface area contributed by atoms with Crippen molar-refractivity contribution in [2.45, 2.75) is 38.6 Å². The van der Waals surface area contributed by atoms with E-state index in [1.54, 1.807) is 0 Å². The van der Waals surface area contributed by atoms with Crippen molar-refractivity contribution in [3.63, 3.8) is 0 Å². The Morgan fingerprint density at radius 1 is 1.19 bits per heavy atom. The van der Waals surface area contributed by atoms with E-state index >= 15 is 0 Å². The number of nitrogens with two attached hydrogens (primary N) is 1. The fourth-order valence-corrected chi connectivity index (χ4v) is 3.23. The monoisotopic (exact) mass is 281 g/mol. The molecule has 2 unspecified atom stereocenters. The molecule has 1 aliphatic rings. The Morgan fingerprint density at radius 3 is 2.86 bits per heavy atom. The van der Waals surface area contributed by atoms with Crippen LogP contribution in [0.15, 0.2) is 42.5 Å². The van der Waals surface area contributed by atoms with E-state index in [-0.39, 0.29) is 6.04 Å². The first-order chi connectivity index (χ1) is 10.1. The van der Waals surface area contributed by atoms with Gasteiger partial charge in [0.1, 0.15) is 5.75 Å². The van der Waals surface area contributed by atoms with Gasteiger partial charge in [0.25, 0.3) is 0 Å². The highest BCUT2D eigenvalue weighted by molar-refractivity contribution is 5.39. The maximum absolute atomic E-state index is 6.56. The molecule has 3 rings (SSSR count). The van der Waals surface area contributed by atoms with Gasteiger partial charge in [-0.2, -0.15) is 0 Å². The van der Waals surface area contributed by atoms with Crippen LogP contribution in [0.4, 0.5) is 0 Å². The molecular weight excluding hydrogens is 258 g/mol.